The van der Waals surface area contributed by atoms with Gasteiger partial charge in [0.05, 0.1) is 23.9 Å². The lowest BCUT2D eigenvalue weighted by Crippen LogP contribution is -2.45. The third kappa shape index (κ3) is 3.79. The van der Waals surface area contributed by atoms with E-state index >= 15 is 0 Å². The first-order valence-corrected chi connectivity index (χ1v) is 10.6. The van der Waals surface area contributed by atoms with Crippen LogP contribution in [-0.4, -0.2) is 64.9 Å². The summed E-state index contributed by atoms with van der Waals surface area (Å²) in [6.07, 6.45) is 8.98. The topological polar surface area (TPSA) is 70.8 Å². The van der Waals surface area contributed by atoms with Crippen molar-refractivity contribution in [3.8, 4) is 0 Å². The lowest BCUT2D eigenvalue weighted by atomic mass is 10.1. The third-order valence-electron chi connectivity index (χ3n) is 4.95. The van der Waals surface area contributed by atoms with E-state index in [9.17, 15) is 8.42 Å². The van der Waals surface area contributed by atoms with Gasteiger partial charge in [-0.1, -0.05) is 0 Å². The highest BCUT2D eigenvalue weighted by Crippen LogP contribution is 2.22. The minimum absolute atomic E-state index is 0.340. The number of allylic oxidation sites excluding steroid dienone is 1. The first-order chi connectivity index (χ1) is 11.8. The molecule has 0 bridgehead atoms. The quantitative estimate of drug-likeness (QED) is 0.815. The van der Waals surface area contributed by atoms with Crippen LogP contribution in [0, 0.1) is 6.92 Å². The van der Waals surface area contributed by atoms with E-state index in [1.807, 2.05) is 19.2 Å². The van der Waals surface area contributed by atoms with Gasteiger partial charge in [0.1, 0.15) is 12.5 Å². The fourth-order valence-electron chi connectivity index (χ4n) is 3.63. The number of hydrogen-bond acceptors (Lipinski definition) is 5. The van der Waals surface area contributed by atoms with Gasteiger partial charge in [0.2, 0.25) is 10.0 Å². The van der Waals surface area contributed by atoms with Crippen molar-refractivity contribution in [3.63, 3.8) is 0 Å². The van der Waals surface area contributed by atoms with Crippen molar-refractivity contribution in [1.29, 1.82) is 0 Å². The molecule has 1 aromatic rings. The highest BCUT2D eigenvalue weighted by Gasteiger charge is 2.28. The number of aryl methyl sites for hydroxylation is 1. The van der Waals surface area contributed by atoms with Gasteiger partial charge in [0.15, 0.2) is 0 Å². The number of sulfonamides is 1. The molecule has 3 rings (SSSR count). The van der Waals surface area contributed by atoms with Crippen LogP contribution in [-0.2, 0) is 10.0 Å². The molecule has 0 N–H and O–H groups in total. The molecule has 0 saturated carbocycles. The fourth-order valence-corrected chi connectivity index (χ4v) is 4.50. The highest BCUT2D eigenvalue weighted by molar-refractivity contribution is 7.88. The molecule has 2 aliphatic heterocycles. The van der Waals surface area contributed by atoms with Gasteiger partial charge >= 0.3 is 0 Å². The minimum Gasteiger partial charge on any atom is -0.355 e. The van der Waals surface area contributed by atoms with Gasteiger partial charge in [-0.15, -0.1) is 0 Å². The average Bonchev–Trinajstić information content (AvgIpc) is 2.96. The first-order valence-electron chi connectivity index (χ1n) is 8.75. The lowest BCUT2D eigenvalue weighted by molar-refractivity contribution is 0.192. The van der Waals surface area contributed by atoms with E-state index in [4.69, 9.17) is 4.99 Å². The van der Waals surface area contributed by atoms with Crippen molar-refractivity contribution >= 4 is 15.7 Å². The molecule has 0 aromatic carbocycles. The molecule has 1 fully saturated rings. The van der Waals surface area contributed by atoms with Crippen LogP contribution < -0.4 is 0 Å². The number of nitrogens with zero attached hydrogens (tertiary/aromatic N) is 5. The highest BCUT2D eigenvalue weighted by atomic mass is 32.2. The van der Waals surface area contributed by atoms with E-state index in [2.05, 4.69) is 34.5 Å². The molecule has 0 spiro atoms. The van der Waals surface area contributed by atoms with Crippen molar-refractivity contribution in [1.82, 2.24) is 18.8 Å². The van der Waals surface area contributed by atoms with Gasteiger partial charge in [-0.05, 0) is 39.7 Å². The Morgan fingerprint density at radius 3 is 2.44 bits per heavy atom. The largest absolute Gasteiger partial charge is 0.355 e. The Labute approximate surface area is 150 Å². The average molecular weight is 366 g/mol. The van der Waals surface area contributed by atoms with Crippen molar-refractivity contribution in [3.05, 3.63) is 30.0 Å². The maximum Gasteiger partial charge on any atom is 0.211 e. The molecular weight excluding hydrogens is 338 g/mol. The molecule has 0 unspecified atom stereocenters. The summed E-state index contributed by atoms with van der Waals surface area (Å²) in [5.41, 5.74) is 2.01. The van der Waals surface area contributed by atoms with Crippen LogP contribution in [0.4, 0.5) is 0 Å². The van der Waals surface area contributed by atoms with E-state index in [1.54, 1.807) is 4.31 Å². The summed E-state index contributed by atoms with van der Waals surface area (Å²) in [5.74, 6) is 0.997. The number of aromatic nitrogens is 2. The Morgan fingerprint density at radius 2 is 1.92 bits per heavy atom. The van der Waals surface area contributed by atoms with Gasteiger partial charge < -0.3 is 9.47 Å². The third-order valence-corrected chi connectivity index (χ3v) is 6.25. The van der Waals surface area contributed by atoms with Gasteiger partial charge in [-0.3, -0.25) is 4.99 Å². The van der Waals surface area contributed by atoms with E-state index in [0.717, 1.165) is 30.1 Å². The Morgan fingerprint density at radius 1 is 1.24 bits per heavy atom. The van der Waals surface area contributed by atoms with E-state index in [1.165, 1.54) is 6.26 Å². The monoisotopic (exact) mass is 365 g/mol. The fraction of sp³-hybridized carbons (Fsp3) is 0.647. The van der Waals surface area contributed by atoms with Crippen LogP contribution in [0.3, 0.4) is 0 Å². The van der Waals surface area contributed by atoms with Crippen molar-refractivity contribution < 1.29 is 8.42 Å². The molecule has 138 valence electrons. The minimum atomic E-state index is -3.08. The van der Waals surface area contributed by atoms with Crippen molar-refractivity contribution in [2.75, 3.05) is 26.0 Å². The molecule has 8 heteroatoms. The molecule has 3 heterocycles. The lowest BCUT2D eigenvalue weighted by Gasteiger charge is -2.37. The maximum absolute atomic E-state index is 11.6. The molecule has 1 saturated heterocycles. The van der Waals surface area contributed by atoms with Crippen LogP contribution in [0.2, 0.25) is 0 Å². The summed E-state index contributed by atoms with van der Waals surface area (Å²) in [6, 6.07) is 0.684. The first kappa shape index (κ1) is 18.1. The van der Waals surface area contributed by atoms with Crippen LogP contribution in [0.1, 0.15) is 44.2 Å². The molecule has 0 amide bonds. The van der Waals surface area contributed by atoms with Gasteiger partial charge in [-0.25, -0.2) is 17.7 Å². The summed E-state index contributed by atoms with van der Waals surface area (Å²) in [7, 11) is -3.08. The normalized spacial score (nSPS) is 20.4. The standard InChI is InChI=1S/C17H27N5O2S/c1-13(2)22-14(3)18-11-17(22)16-7-8-20(12-19-16)15-5-9-21(10-6-15)25(4,23)24/h7-8,11,13,15H,5-6,9-10,12H2,1-4H3. The number of hydrogen-bond donors (Lipinski definition) is 0. The van der Waals surface area contributed by atoms with E-state index in [-0.39, 0.29) is 0 Å². The van der Waals surface area contributed by atoms with Crippen molar-refractivity contribution in [2.45, 2.75) is 45.7 Å². The van der Waals surface area contributed by atoms with Crippen LogP contribution >= 0.6 is 0 Å². The molecular formula is C17H27N5O2S. The molecule has 25 heavy (non-hydrogen) atoms. The smallest absolute Gasteiger partial charge is 0.211 e. The van der Waals surface area contributed by atoms with Crippen LogP contribution in [0.25, 0.3) is 0 Å². The van der Waals surface area contributed by atoms with Gasteiger partial charge in [-0.2, -0.15) is 0 Å². The second-order valence-electron chi connectivity index (χ2n) is 7.06. The molecule has 2 aliphatic rings. The molecule has 0 aliphatic carbocycles. The van der Waals surface area contributed by atoms with Crippen LogP contribution in [0.15, 0.2) is 23.5 Å². The number of imidazole rings is 1. The number of aliphatic imine (C=N–C) groups is 1. The van der Waals surface area contributed by atoms with Crippen LogP contribution in [0.5, 0.6) is 0 Å². The summed E-state index contributed by atoms with van der Waals surface area (Å²) < 4.78 is 27.0. The predicted octanol–water partition coefficient (Wildman–Crippen LogP) is 1.77. The summed E-state index contributed by atoms with van der Waals surface area (Å²) >= 11 is 0. The maximum atomic E-state index is 11.6. The van der Waals surface area contributed by atoms with E-state index in [0.29, 0.717) is 31.8 Å². The molecule has 7 nitrogen and oxygen atoms in total. The summed E-state index contributed by atoms with van der Waals surface area (Å²) in [4.78, 5) is 11.4. The number of rotatable bonds is 4. The second-order valence-corrected chi connectivity index (χ2v) is 9.04. The molecule has 1 aromatic heterocycles. The zero-order valence-corrected chi connectivity index (χ0v) is 16.2. The van der Waals surface area contributed by atoms with Gasteiger partial charge in [0, 0.05) is 31.4 Å². The number of piperidine rings is 1. The molecule has 0 atom stereocenters. The predicted molar refractivity (Wildman–Crippen MR) is 99.2 cm³/mol. The second kappa shape index (κ2) is 6.92. The Hall–Kier alpha value is -1.67. The Bertz CT molecular complexity index is 786. The summed E-state index contributed by atoms with van der Waals surface area (Å²) in [6.45, 7) is 8.09. The van der Waals surface area contributed by atoms with Crippen molar-refractivity contribution in [2.24, 2.45) is 4.99 Å². The molecule has 0 radical (unpaired) electrons. The Balaban J connectivity index is 1.66. The zero-order chi connectivity index (χ0) is 18.2. The SMILES string of the molecule is Cc1ncc(C2=NCN(C3CCN(S(C)(=O)=O)CC3)C=C2)n1C(C)C. The van der Waals surface area contributed by atoms with E-state index < -0.39 is 10.0 Å². The van der Waals surface area contributed by atoms with Gasteiger partial charge in [0.25, 0.3) is 0 Å². The Kier molecular flexibility index (Phi) is 5.02. The summed E-state index contributed by atoms with van der Waals surface area (Å²) in [5, 5.41) is 0. The zero-order valence-electron chi connectivity index (χ0n) is 15.4.